The average Bonchev–Trinajstić information content (AvgIpc) is 2.19. The average molecular weight is 310 g/mol. The Labute approximate surface area is 108 Å². The zero-order chi connectivity index (χ0) is 12.9. The Morgan fingerprint density at radius 2 is 1.94 bits per heavy atom. The normalized spacial score (nSPS) is 13.5. The smallest absolute Gasteiger partial charge is 0.382 e. The van der Waals surface area contributed by atoms with Crippen LogP contribution in [0.4, 0.5) is 18.9 Å². The molecule has 17 heavy (non-hydrogen) atoms. The summed E-state index contributed by atoms with van der Waals surface area (Å²) >= 11 is 3.38. The topological polar surface area (TPSA) is 12.0 Å². The van der Waals surface area contributed by atoms with Gasteiger partial charge in [0, 0.05) is 22.6 Å². The Hall–Kier alpha value is -0.710. The molecule has 1 N–H and O–H groups in total. The molecule has 0 heterocycles. The van der Waals surface area contributed by atoms with Gasteiger partial charge >= 0.3 is 6.18 Å². The Kier molecular flexibility index (Phi) is 5.31. The molecule has 1 aromatic rings. The standard InChI is InChI=1S/C12H15BrF3N/c1-9(5-4-8-12(14,15)16)17-11-7-3-2-6-10(11)13/h2-3,6-7,9,17H,4-5,8H2,1H3. The number of nitrogens with one attached hydrogen (secondary N) is 1. The molecule has 0 fully saturated rings. The zero-order valence-corrected chi connectivity index (χ0v) is 11.1. The van der Waals surface area contributed by atoms with Crippen LogP contribution in [0.15, 0.2) is 28.7 Å². The predicted octanol–water partition coefficient (Wildman–Crippen LogP) is 4.98. The van der Waals surface area contributed by atoms with E-state index in [2.05, 4.69) is 21.2 Å². The highest BCUT2D eigenvalue weighted by Gasteiger charge is 2.26. The molecule has 0 aliphatic carbocycles. The number of hydrogen-bond acceptors (Lipinski definition) is 1. The molecular formula is C12H15BrF3N. The lowest BCUT2D eigenvalue weighted by molar-refractivity contribution is -0.135. The van der Waals surface area contributed by atoms with Crippen molar-refractivity contribution in [3.63, 3.8) is 0 Å². The molecular weight excluding hydrogens is 295 g/mol. The van der Waals surface area contributed by atoms with Gasteiger partial charge in [-0.1, -0.05) is 12.1 Å². The van der Waals surface area contributed by atoms with E-state index in [1.54, 1.807) is 0 Å². The van der Waals surface area contributed by atoms with E-state index in [0.29, 0.717) is 6.42 Å². The molecule has 0 saturated carbocycles. The van der Waals surface area contributed by atoms with E-state index in [1.165, 1.54) is 0 Å². The first kappa shape index (κ1) is 14.4. The number of anilines is 1. The first-order valence-corrected chi connectivity index (χ1v) is 6.25. The van der Waals surface area contributed by atoms with Crippen molar-refractivity contribution < 1.29 is 13.2 Å². The summed E-state index contributed by atoms with van der Waals surface area (Å²) in [6.45, 7) is 1.88. The molecule has 96 valence electrons. The van der Waals surface area contributed by atoms with Crippen molar-refractivity contribution in [2.75, 3.05) is 5.32 Å². The van der Waals surface area contributed by atoms with Crippen LogP contribution in [0.2, 0.25) is 0 Å². The number of para-hydroxylation sites is 1. The summed E-state index contributed by atoms with van der Waals surface area (Å²) in [6, 6.07) is 7.59. The van der Waals surface area contributed by atoms with Gasteiger partial charge in [0.25, 0.3) is 0 Å². The van der Waals surface area contributed by atoms with Crippen molar-refractivity contribution >= 4 is 21.6 Å². The van der Waals surface area contributed by atoms with Crippen LogP contribution < -0.4 is 5.32 Å². The Morgan fingerprint density at radius 3 is 2.53 bits per heavy atom. The Bertz CT molecular complexity index is 352. The van der Waals surface area contributed by atoms with Gasteiger partial charge in [0.05, 0.1) is 0 Å². The number of alkyl halides is 3. The number of benzene rings is 1. The van der Waals surface area contributed by atoms with Crippen LogP contribution in [-0.4, -0.2) is 12.2 Å². The second kappa shape index (κ2) is 6.28. The van der Waals surface area contributed by atoms with Crippen LogP contribution in [0.3, 0.4) is 0 Å². The highest BCUT2D eigenvalue weighted by Crippen LogP contribution is 2.25. The maximum absolute atomic E-state index is 12.0. The van der Waals surface area contributed by atoms with Crippen molar-refractivity contribution in [2.45, 2.75) is 38.4 Å². The predicted molar refractivity (Wildman–Crippen MR) is 67.1 cm³/mol. The van der Waals surface area contributed by atoms with Gasteiger partial charge in [0.2, 0.25) is 0 Å². The lowest BCUT2D eigenvalue weighted by Gasteiger charge is -2.16. The van der Waals surface area contributed by atoms with Gasteiger partial charge in [-0.3, -0.25) is 0 Å². The fraction of sp³-hybridized carbons (Fsp3) is 0.500. The van der Waals surface area contributed by atoms with Crippen molar-refractivity contribution in [2.24, 2.45) is 0 Å². The van der Waals surface area contributed by atoms with E-state index in [4.69, 9.17) is 0 Å². The van der Waals surface area contributed by atoms with E-state index in [1.807, 2.05) is 31.2 Å². The van der Waals surface area contributed by atoms with Crippen LogP contribution >= 0.6 is 15.9 Å². The van der Waals surface area contributed by atoms with Gasteiger partial charge in [-0.05, 0) is 47.8 Å². The second-order valence-corrected chi connectivity index (χ2v) is 4.89. The first-order chi connectivity index (χ1) is 7.88. The van der Waals surface area contributed by atoms with Crippen LogP contribution in [0, 0.1) is 0 Å². The fourth-order valence-corrected chi connectivity index (χ4v) is 1.92. The molecule has 0 aliphatic rings. The lowest BCUT2D eigenvalue weighted by atomic mass is 10.1. The minimum atomic E-state index is -4.05. The highest BCUT2D eigenvalue weighted by molar-refractivity contribution is 9.10. The third kappa shape index (κ3) is 5.96. The summed E-state index contributed by atoms with van der Waals surface area (Å²) < 4.78 is 36.8. The zero-order valence-electron chi connectivity index (χ0n) is 9.52. The summed E-state index contributed by atoms with van der Waals surface area (Å²) in [6.07, 6.45) is -4.11. The summed E-state index contributed by atoms with van der Waals surface area (Å²) in [5, 5.41) is 3.18. The fourth-order valence-electron chi connectivity index (χ4n) is 1.52. The summed E-state index contributed by atoms with van der Waals surface area (Å²) in [4.78, 5) is 0. The van der Waals surface area contributed by atoms with Crippen LogP contribution in [0.25, 0.3) is 0 Å². The molecule has 0 spiro atoms. The van der Waals surface area contributed by atoms with Crippen molar-refractivity contribution in [1.82, 2.24) is 0 Å². The monoisotopic (exact) mass is 309 g/mol. The van der Waals surface area contributed by atoms with E-state index < -0.39 is 12.6 Å². The van der Waals surface area contributed by atoms with Gasteiger partial charge in [0.15, 0.2) is 0 Å². The SMILES string of the molecule is CC(CCCC(F)(F)F)Nc1ccccc1Br. The van der Waals surface area contributed by atoms with Gasteiger partial charge in [0.1, 0.15) is 0 Å². The molecule has 5 heteroatoms. The molecule has 1 rings (SSSR count). The number of rotatable bonds is 5. The van der Waals surface area contributed by atoms with Crippen molar-refractivity contribution in [3.05, 3.63) is 28.7 Å². The molecule has 0 saturated heterocycles. The molecule has 0 aliphatic heterocycles. The Morgan fingerprint density at radius 1 is 1.29 bits per heavy atom. The third-order valence-electron chi connectivity index (χ3n) is 2.37. The van der Waals surface area contributed by atoms with Crippen molar-refractivity contribution in [1.29, 1.82) is 0 Å². The molecule has 0 bridgehead atoms. The van der Waals surface area contributed by atoms with E-state index in [9.17, 15) is 13.2 Å². The highest BCUT2D eigenvalue weighted by atomic mass is 79.9. The minimum Gasteiger partial charge on any atom is -0.382 e. The maximum atomic E-state index is 12.0. The quantitative estimate of drug-likeness (QED) is 0.808. The molecule has 1 atom stereocenters. The van der Waals surface area contributed by atoms with Gasteiger partial charge in [-0.15, -0.1) is 0 Å². The van der Waals surface area contributed by atoms with E-state index in [-0.39, 0.29) is 12.5 Å². The van der Waals surface area contributed by atoms with Gasteiger partial charge in [-0.25, -0.2) is 0 Å². The molecule has 0 radical (unpaired) electrons. The molecule has 0 aromatic heterocycles. The molecule has 1 nitrogen and oxygen atoms in total. The minimum absolute atomic E-state index is 0.0241. The summed E-state index contributed by atoms with van der Waals surface area (Å²) in [5.74, 6) is 0. The van der Waals surface area contributed by atoms with E-state index in [0.717, 1.165) is 10.2 Å². The molecule has 1 unspecified atom stereocenters. The molecule has 1 aromatic carbocycles. The molecule has 0 amide bonds. The van der Waals surface area contributed by atoms with Crippen LogP contribution in [0.1, 0.15) is 26.2 Å². The third-order valence-corrected chi connectivity index (χ3v) is 3.06. The van der Waals surface area contributed by atoms with Crippen LogP contribution in [-0.2, 0) is 0 Å². The second-order valence-electron chi connectivity index (χ2n) is 4.03. The lowest BCUT2D eigenvalue weighted by Crippen LogP contribution is -2.17. The first-order valence-electron chi connectivity index (χ1n) is 5.46. The van der Waals surface area contributed by atoms with Crippen LogP contribution in [0.5, 0.6) is 0 Å². The number of halogens is 4. The van der Waals surface area contributed by atoms with E-state index >= 15 is 0 Å². The van der Waals surface area contributed by atoms with Gasteiger partial charge in [-0.2, -0.15) is 13.2 Å². The number of hydrogen-bond donors (Lipinski definition) is 1. The largest absolute Gasteiger partial charge is 0.389 e. The Balaban J connectivity index is 2.35. The summed E-state index contributed by atoms with van der Waals surface area (Å²) in [5.41, 5.74) is 0.909. The maximum Gasteiger partial charge on any atom is 0.389 e. The van der Waals surface area contributed by atoms with Crippen molar-refractivity contribution in [3.8, 4) is 0 Å². The van der Waals surface area contributed by atoms with Gasteiger partial charge < -0.3 is 5.32 Å². The summed E-state index contributed by atoms with van der Waals surface area (Å²) in [7, 11) is 0.